The summed E-state index contributed by atoms with van der Waals surface area (Å²) in [4.78, 5) is 19.8. The van der Waals surface area contributed by atoms with Crippen LogP contribution >= 0.6 is 0 Å². The topological polar surface area (TPSA) is 78.5 Å². The van der Waals surface area contributed by atoms with E-state index in [4.69, 9.17) is 4.74 Å². The fourth-order valence-electron chi connectivity index (χ4n) is 1.43. The highest BCUT2D eigenvalue weighted by Gasteiger charge is 2.15. The summed E-state index contributed by atoms with van der Waals surface area (Å²) in [5.74, 6) is 0.201. The highest BCUT2D eigenvalue weighted by molar-refractivity contribution is 5.35. The number of H-pyrrole nitrogens is 1. The minimum absolute atomic E-state index is 0.208. The average Bonchev–Trinajstić information content (AvgIpc) is 2.26. The van der Waals surface area contributed by atoms with Gasteiger partial charge in [-0.25, -0.2) is 0 Å². The first-order valence-electron chi connectivity index (χ1n) is 4.81. The number of hydrogen-bond donors (Lipinski definition) is 2. The highest BCUT2D eigenvalue weighted by Crippen LogP contribution is 2.13. The zero-order valence-electron chi connectivity index (χ0n) is 8.49. The Kier molecular flexibility index (Phi) is 2.59. The smallest absolute Gasteiger partial charge is 0.259 e. The molecule has 0 amide bonds. The van der Waals surface area contributed by atoms with E-state index in [9.17, 15) is 9.90 Å². The molecular weight excluding hydrogens is 198 g/mol. The summed E-state index contributed by atoms with van der Waals surface area (Å²) < 4.78 is 5.18. The van der Waals surface area contributed by atoms with Crippen LogP contribution < -0.4 is 10.5 Å². The molecule has 1 fully saturated rings. The summed E-state index contributed by atoms with van der Waals surface area (Å²) in [6.45, 7) is 4.10. The lowest BCUT2D eigenvalue weighted by Gasteiger charge is -2.27. The number of morpholine rings is 1. The third-order valence-electron chi connectivity index (χ3n) is 2.42. The molecule has 2 N–H and O–H groups in total. The van der Waals surface area contributed by atoms with Gasteiger partial charge in [-0.3, -0.25) is 9.78 Å². The summed E-state index contributed by atoms with van der Waals surface area (Å²) in [5, 5.41) is 9.42. The van der Waals surface area contributed by atoms with Crippen molar-refractivity contribution < 1.29 is 9.84 Å². The second-order valence-corrected chi connectivity index (χ2v) is 3.44. The zero-order chi connectivity index (χ0) is 10.8. The maximum absolute atomic E-state index is 11.4. The number of anilines is 1. The quantitative estimate of drug-likeness (QED) is 0.662. The lowest BCUT2D eigenvalue weighted by Crippen LogP contribution is -2.38. The number of rotatable bonds is 1. The molecule has 0 radical (unpaired) electrons. The molecule has 6 nitrogen and oxygen atoms in total. The molecule has 0 saturated carbocycles. The molecule has 1 aromatic heterocycles. The molecule has 1 aliphatic rings. The van der Waals surface area contributed by atoms with Gasteiger partial charge in [0.2, 0.25) is 11.8 Å². The Labute approximate surface area is 86.5 Å². The normalized spacial score (nSPS) is 16.7. The molecule has 2 rings (SSSR count). The Morgan fingerprint density at radius 1 is 1.47 bits per heavy atom. The van der Waals surface area contributed by atoms with E-state index in [1.54, 1.807) is 0 Å². The number of hydrogen-bond acceptors (Lipinski definition) is 5. The molecule has 0 unspecified atom stereocenters. The van der Waals surface area contributed by atoms with Crippen molar-refractivity contribution >= 4 is 5.95 Å². The van der Waals surface area contributed by atoms with Crippen LogP contribution in [0, 0.1) is 6.92 Å². The first-order chi connectivity index (χ1) is 7.18. The zero-order valence-corrected chi connectivity index (χ0v) is 8.49. The van der Waals surface area contributed by atoms with Crippen molar-refractivity contribution in [2.24, 2.45) is 0 Å². The van der Waals surface area contributed by atoms with E-state index >= 15 is 0 Å². The van der Waals surface area contributed by atoms with Crippen LogP contribution in [0.25, 0.3) is 0 Å². The standard InChI is InChI=1S/C9H13N3O3/c1-6-7(13)10-9(11-8(6)14)12-2-4-15-5-3-12/h2-5H2,1H3,(H2,10,11,13,14). The van der Waals surface area contributed by atoms with Gasteiger partial charge in [0.15, 0.2) is 0 Å². The van der Waals surface area contributed by atoms with Crippen LogP contribution in [0.1, 0.15) is 5.56 Å². The molecule has 0 bridgehead atoms. The van der Waals surface area contributed by atoms with Gasteiger partial charge in [0, 0.05) is 13.1 Å². The molecule has 0 aromatic carbocycles. The van der Waals surface area contributed by atoms with Gasteiger partial charge in [0.1, 0.15) is 0 Å². The number of aromatic nitrogens is 2. The Hall–Kier alpha value is -1.56. The van der Waals surface area contributed by atoms with Crippen LogP contribution in [0.5, 0.6) is 5.88 Å². The SMILES string of the molecule is Cc1c(O)nc(N2CCOCC2)[nH]c1=O. The van der Waals surface area contributed by atoms with E-state index in [1.165, 1.54) is 6.92 Å². The number of aromatic hydroxyl groups is 1. The van der Waals surface area contributed by atoms with Crippen LogP contribution in [0.3, 0.4) is 0 Å². The molecule has 15 heavy (non-hydrogen) atoms. The predicted molar refractivity (Wildman–Crippen MR) is 54.3 cm³/mol. The molecule has 2 heterocycles. The van der Waals surface area contributed by atoms with Crippen LogP contribution in [-0.2, 0) is 4.74 Å². The average molecular weight is 211 g/mol. The minimum atomic E-state index is -0.302. The fourth-order valence-corrected chi connectivity index (χ4v) is 1.43. The third kappa shape index (κ3) is 1.94. The van der Waals surface area contributed by atoms with Gasteiger partial charge in [-0.2, -0.15) is 4.98 Å². The number of ether oxygens (including phenoxy) is 1. The summed E-state index contributed by atoms with van der Waals surface area (Å²) in [5.41, 5.74) is -0.0593. The van der Waals surface area contributed by atoms with Crippen molar-refractivity contribution in [2.45, 2.75) is 6.92 Å². The van der Waals surface area contributed by atoms with Gasteiger partial charge in [0.25, 0.3) is 5.56 Å². The predicted octanol–water partition coefficient (Wildman–Crippen LogP) is -0.379. The number of nitrogens with zero attached hydrogens (tertiary/aromatic N) is 2. The third-order valence-corrected chi connectivity index (χ3v) is 2.42. The molecule has 0 spiro atoms. The van der Waals surface area contributed by atoms with Gasteiger partial charge >= 0.3 is 0 Å². The molecule has 0 atom stereocenters. The molecule has 1 aliphatic heterocycles. The Bertz CT molecular complexity index is 410. The second-order valence-electron chi connectivity index (χ2n) is 3.44. The van der Waals surface area contributed by atoms with Gasteiger partial charge < -0.3 is 14.7 Å². The summed E-state index contributed by atoms with van der Waals surface area (Å²) >= 11 is 0. The van der Waals surface area contributed by atoms with Crippen LogP contribution in [0.2, 0.25) is 0 Å². The van der Waals surface area contributed by atoms with Crippen LogP contribution in [-0.4, -0.2) is 41.4 Å². The number of nitrogens with one attached hydrogen (secondary N) is 1. The lowest BCUT2D eigenvalue weighted by atomic mass is 10.3. The highest BCUT2D eigenvalue weighted by atomic mass is 16.5. The molecule has 1 saturated heterocycles. The maximum atomic E-state index is 11.4. The van der Waals surface area contributed by atoms with E-state index < -0.39 is 0 Å². The van der Waals surface area contributed by atoms with Crippen molar-refractivity contribution in [1.29, 1.82) is 0 Å². The van der Waals surface area contributed by atoms with Crippen molar-refractivity contribution in [3.05, 3.63) is 15.9 Å². The van der Waals surface area contributed by atoms with E-state index in [2.05, 4.69) is 9.97 Å². The van der Waals surface area contributed by atoms with Crippen LogP contribution in [0.4, 0.5) is 5.95 Å². The Morgan fingerprint density at radius 2 is 2.13 bits per heavy atom. The lowest BCUT2D eigenvalue weighted by molar-refractivity contribution is 0.122. The minimum Gasteiger partial charge on any atom is -0.493 e. The molecule has 1 aromatic rings. The van der Waals surface area contributed by atoms with Crippen molar-refractivity contribution in [1.82, 2.24) is 9.97 Å². The van der Waals surface area contributed by atoms with Gasteiger partial charge in [-0.1, -0.05) is 0 Å². The monoisotopic (exact) mass is 211 g/mol. The van der Waals surface area contributed by atoms with Crippen molar-refractivity contribution in [2.75, 3.05) is 31.2 Å². The molecular formula is C9H13N3O3. The van der Waals surface area contributed by atoms with Gasteiger partial charge in [-0.05, 0) is 6.92 Å². The Balaban J connectivity index is 2.32. The first kappa shape index (κ1) is 9.97. The molecule has 0 aliphatic carbocycles. The van der Waals surface area contributed by atoms with Crippen molar-refractivity contribution in [3.8, 4) is 5.88 Å². The number of aromatic amines is 1. The van der Waals surface area contributed by atoms with E-state index in [1.807, 2.05) is 4.90 Å². The maximum Gasteiger partial charge on any atom is 0.259 e. The molecule has 82 valence electrons. The van der Waals surface area contributed by atoms with E-state index in [0.29, 0.717) is 32.3 Å². The van der Waals surface area contributed by atoms with E-state index in [-0.39, 0.29) is 17.0 Å². The Morgan fingerprint density at radius 3 is 2.73 bits per heavy atom. The summed E-state index contributed by atoms with van der Waals surface area (Å²) in [7, 11) is 0. The largest absolute Gasteiger partial charge is 0.493 e. The van der Waals surface area contributed by atoms with Crippen molar-refractivity contribution in [3.63, 3.8) is 0 Å². The van der Waals surface area contributed by atoms with E-state index in [0.717, 1.165) is 0 Å². The second kappa shape index (κ2) is 3.90. The summed E-state index contributed by atoms with van der Waals surface area (Å²) in [6, 6.07) is 0. The van der Waals surface area contributed by atoms with Gasteiger partial charge in [0.05, 0.1) is 18.8 Å². The first-order valence-corrected chi connectivity index (χ1v) is 4.81. The summed E-state index contributed by atoms with van der Waals surface area (Å²) in [6.07, 6.45) is 0. The fraction of sp³-hybridized carbons (Fsp3) is 0.556. The molecule has 6 heteroatoms. The van der Waals surface area contributed by atoms with Crippen LogP contribution in [0.15, 0.2) is 4.79 Å². The van der Waals surface area contributed by atoms with Gasteiger partial charge in [-0.15, -0.1) is 0 Å².